The maximum absolute atomic E-state index is 13.5. The number of rotatable bonds is 3. The van der Waals surface area contributed by atoms with Crippen LogP contribution in [0, 0.1) is 25.7 Å². The lowest BCUT2D eigenvalue weighted by Crippen LogP contribution is -2.78. The Morgan fingerprint density at radius 1 is 1.07 bits per heavy atom. The summed E-state index contributed by atoms with van der Waals surface area (Å²) in [5.41, 5.74) is 3.60. The average molecular weight is 557 g/mol. The van der Waals surface area contributed by atoms with E-state index in [0.717, 1.165) is 28.8 Å². The van der Waals surface area contributed by atoms with Gasteiger partial charge in [0.2, 0.25) is 0 Å². The molecular weight excluding hydrogens is 520 g/mol. The second-order valence-corrected chi connectivity index (χ2v) is 12.0. The molecular formula is C33H36N2O6. The number of carbonyl (C=O) groups is 3. The zero-order chi connectivity index (χ0) is 29.3. The third-order valence-corrected chi connectivity index (χ3v) is 9.86. The number of ether oxygens (including phenoxy) is 3. The van der Waals surface area contributed by atoms with E-state index in [4.69, 9.17) is 14.2 Å². The molecule has 2 fully saturated rings. The van der Waals surface area contributed by atoms with Crippen molar-refractivity contribution in [3.63, 3.8) is 0 Å². The van der Waals surface area contributed by atoms with Gasteiger partial charge in [0.15, 0.2) is 11.5 Å². The molecule has 2 aromatic carbocycles. The molecule has 1 saturated heterocycles. The largest absolute Gasteiger partial charge is 0.483 e. The van der Waals surface area contributed by atoms with E-state index in [0.29, 0.717) is 37.2 Å². The minimum atomic E-state index is -0.838. The average Bonchev–Trinajstić information content (AvgIpc) is 3.27. The van der Waals surface area contributed by atoms with Gasteiger partial charge < -0.3 is 19.1 Å². The molecule has 214 valence electrons. The highest BCUT2D eigenvalue weighted by Gasteiger charge is 2.75. The number of carbonyl (C=O) groups excluding carboxylic acids is 3. The summed E-state index contributed by atoms with van der Waals surface area (Å²) in [5.74, 6) is 5.68. The van der Waals surface area contributed by atoms with Crippen LogP contribution in [0.15, 0.2) is 30.3 Å². The topological polar surface area (TPSA) is 85.4 Å². The third-order valence-electron chi connectivity index (χ3n) is 9.86. The van der Waals surface area contributed by atoms with Crippen molar-refractivity contribution in [2.75, 3.05) is 20.6 Å². The number of hydrogen-bond acceptors (Lipinski definition) is 7. The van der Waals surface area contributed by atoms with Crippen LogP contribution in [0.3, 0.4) is 0 Å². The standard InChI is InChI=1S/C33H36N2O6/c1-19-7-8-23(17-20(19)2)9-12-28(38)35(6)25-13-14-33(41-22(4)37)27-18-24-10-11-26(39-21(3)36)30-29(24)32(33,31(25)40-30)15-16-34(27)5/h7-8,10-11,17,25,27,31H,13-16,18H2,1-6H3/t25-,27-,31+,32+,33-/m1/s1. The minimum Gasteiger partial charge on any atom is -0.483 e. The van der Waals surface area contributed by atoms with Crippen LogP contribution in [0.4, 0.5) is 0 Å². The Morgan fingerprint density at radius 2 is 1.85 bits per heavy atom. The number of likely N-dealkylation sites (tertiary alicyclic amines) is 1. The Morgan fingerprint density at radius 3 is 2.56 bits per heavy atom. The lowest BCUT2D eigenvalue weighted by atomic mass is 9.48. The number of piperidine rings is 1. The van der Waals surface area contributed by atoms with Gasteiger partial charge in [-0.05, 0) is 88.0 Å². The number of aryl methyl sites for hydroxylation is 2. The Bertz CT molecular complexity index is 1540. The molecule has 8 heteroatoms. The van der Waals surface area contributed by atoms with E-state index in [1.165, 1.54) is 19.4 Å². The summed E-state index contributed by atoms with van der Waals surface area (Å²) in [6.45, 7) is 7.67. The summed E-state index contributed by atoms with van der Waals surface area (Å²) in [6, 6.07) is 9.33. The SMILES string of the molecule is CC(=O)Oc1ccc2c3c1O[C@H]1[C@H](N(C)C(=O)C#Cc4ccc(C)c(C)c4)CC[C@@]4(OC(C)=O)[C@@H](C2)N(C)CC[C@]314. The molecule has 41 heavy (non-hydrogen) atoms. The van der Waals surface area contributed by atoms with E-state index in [2.05, 4.69) is 23.8 Å². The molecule has 2 aliphatic carbocycles. The fourth-order valence-electron chi connectivity index (χ4n) is 7.96. The first-order chi connectivity index (χ1) is 19.5. The van der Waals surface area contributed by atoms with E-state index < -0.39 is 23.1 Å². The van der Waals surface area contributed by atoms with E-state index in [-0.39, 0.29) is 24.0 Å². The van der Waals surface area contributed by atoms with E-state index >= 15 is 0 Å². The predicted octanol–water partition coefficient (Wildman–Crippen LogP) is 3.46. The number of esters is 2. The van der Waals surface area contributed by atoms with Crippen LogP contribution < -0.4 is 9.47 Å². The molecule has 0 aromatic heterocycles. The van der Waals surface area contributed by atoms with Gasteiger partial charge in [-0.15, -0.1) is 0 Å². The van der Waals surface area contributed by atoms with Crippen molar-refractivity contribution in [3.05, 3.63) is 58.1 Å². The fraction of sp³-hybridized carbons (Fsp3) is 0.485. The molecule has 2 bridgehead atoms. The zero-order valence-corrected chi connectivity index (χ0v) is 24.5. The van der Waals surface area contributed by atoms with Gasteiger partial charge >= 0.3 is 11.9 Å². The summed E-state index contributed by atoms with van der Waals surface area (Å²) >= 11 is 0. The molecule has 1 saturated carbocycles. The van der Waals surface area contributed by atoms with Crippen molar-refractivity contribution >= 4 is 17.8 Å². The van der Waals surface area contributed by atoms with E-state index in [1.54, 1.807) is 18.0 Å². The molecule has 0 unspecified atom stereocenters. The Labute approximate surface area is 240 Å². The Kier molecular flexibility index (Phi) is 6.42. The summed E-state index contributed by atoms with van der Waals surface area (Å²) < 4.78 is 18.8. The lowest BCUT2D eigenvalue weighted by Gasteiger charge is -2.65. The normalized spacial score (nSPS) is 28.9. The highest BCUT2D eigenvalue weighted by atomic mass is 16.6. The maximum atomic E-state index is 13.5. The summed E-state index contributed by atoms with van der Waals surface area (Å²) in [7, 11) is 3.85. The molecule has 6 rings (SSSR count). The second-order valence-electron chi connectivity index (χ2n) is 12.0. The van der Waals surface area contributed by atoms with Crippen LogP contribution in [0.25, 0.3) is 0 Å². The number of nitrogens with zero attached hydrogens (tertiary/aromatic N) is 2. The molecule has 5 atom stereocenters. The molecule has 0 radical (unpaired) electrons. The van der Waals surface area contributed by atoms with Crippen molar-refractivity contribution in [2.45, 2.75) is 82.6 Å². The minimum absolute atomic E-state index is 0.0456. The first-order valence-electron chi connectivity index (χ1n) is 14.3. The maximum Gasteiger partial charge on any atom is 0.308 e. The van der Waals surface area contributed by atoms with Crippen LogP contribution in [0.2, 0.25) is 0 Å². The molecule has 0 N–H and O–H groups in total. The predicted molar refractivity (Wildman–Crippen MR) is 152 cm³/mol. The lowest BCUT2D eigenvalue weighted by molar-refractivity contribution is -0.220. The summed E-state index contributed by atoms with van der Waals surface area (Å²) in [5, 5.41) is 0. The number of hydrogen-bond donors (Lipinski definition) is 0. The Balaban J connectivity index is 1.45. The molecule has 2 heterocycles. The fourth-order valence-corrected chi connectivity index (χ4v) is 7.96. The van der Waals surface area contributed by atoms with Crippen LogP contribution >= 0.6 is 0 Å². The van der Waals surface area contributed by atoms with Crippen molar-refractivity contribution in [1.29, 1.82) is 0 Å². The molecule has 8 nitrogen and oxygen atoms in total. The number of likely N-dealkylation sites (N-methyl/N-ethyl adjacent to an activating group) is 2. The highest BCUT2D eigenvalue weighted by Crippen LogP contribution is 2.67. The van der Waals surface area contributed by atoms with E-state index in [1.807, 2.05) is 38.1 Å². The van der Waals surface area contributed by atoms with Gasteiger partial charge in [-0.1, -0.05) is 18.1 Å². The first-order valence-corrected chi connectivity index (χ1v) is 14.3. The summed E-state index contributed by atoms with van der Waals surface area (Å²) in [6.07, 6.45) is 2.00. The van der Waals surface area contributed by atoms with Gasteiger partial charge in [-0.2, -0.15) is 0 Å². The molecule has 1 amide bonds. The van der Waals surface area contributed by atoms with Crippen LogP contribution in [0.5, 0.6) is 11.5 Å². The smallest absolute Gasteiger partial charge is 0.308 e. The van der Waals surface area contributed by atoms with Gasteiger partial charge in [-0.3, -0.25) is 19.3 Å². The van der Waals surface area contributed by atoms with Gasteiger partial charge in [0.25, 0.3) is 5.91 Å². The third kappa shape index (κ3) is 3.97. The van der Waals surface area contributed by atoms with Crippen molar-refractivity contribution in [1.82, 2.24) is 9.80 Å². The van der Waals surface area contributed by atoms with Gasteiger partial charge in [-0.25, -0.2) is 0 Å². The zero-order valence-electron chi connectivity index (χ0n) is 24.5. The first kappa shape index (κ1) is 27.3. The van der Waals surface area contributed by atoms with Crippen molar-refractivity contribution < 1.29 is 28.6 Å². The molecule has 4 aliphatic rings. The quantitative estimate of drug-likeness (QED) is 0.325. The van der Waals surface area contributed by atoms with Gasteiger partial charge in [0, 0.05) is 37.9 Å². The summed E-state index contributed by atoms with van der Waals surface area (Å²) in [4.78, 5) is 42.2. The number of amides is 1. The Hall–Kier alpha value is -3.83. The monoisotopic (exact) mass is 556 g/mol. The highest BCUT2D eigenvalue weighted by molar-refractivity contribution is 5.94. The van der Waals surface area contributed by atoms with E-state index in [9.17, 15) is 14.4 Å². The van der Waals surface area contributed by atoms with Gasteiger partial charge in [0.1, 0.15) is 11.7 Å². The van der Waals surface area contributed by atoms with Crippen molar-refractivity contribution in [2.24, 2.45) is 0 Å². The van der Waals surface area contributed by atoms with Crippen LogP contribution in [-0.4, -0.2) is 72.1 Å². The number of benzene rings is 2. The molecule has 1 spiro atoms. The van der Waals surface area contributed by atoms with Gasteiger partial charge in [0.05, 0.1) is 17.5 Å². The van der Waals surface area contributed by atoms with Crippen LogP contribution in [0.1, 0.15) is 60.9 Å². The molecule has 2 aromatic rings. The second kappa shape index (κ2) is 9.63. The molecule has 2 aliphatic heterocycles. The van der Waals surface area contributed by atoms with Crippen LogP contribution in [-0.2, 0) is 31.0 Å². The van der Waals surface area contributed by atoms with Crippen molar-refractivity contribution in [3.8, 4) is 23.3 Å².